The van der Waals surface area contributed by atoms with E-state index in [-0.39, 0.29) is 6.03 Å². The van der Waals surface area contributed by atoms with Gasteiger partial charge in [-0.15, -0.1) is 11.8 Å². The number of anilines is 1. The normalized spacial score (nSPS) is 19.0. The van der Waals surface area contributed by atoms with Gasteiger partial charge in [-0.3, -0.25) is 0 Å². The lowest BCUT2D eigenvalue weighted by molar-refractivity contribution is 0.248. The monoisotopic (exact) mass is 293 g/mol. The SMILES string of the molecule is CSc1cccc(NC(=O)NCC[C@H]2CCCN2C)c1. The van der Waals surface area contributed by atoms with Crippen LogP contribution in [0.5, 0.6) is 0 Å². The first-order chi connectivity index (χ1) is 9.69. The fraction of sp³-hybridized carbons (Fsp3) is 0.533. The zero-order valence-corrected chi connectivity index (χ0v) is 13.0. The van der Waals surface area contributed by atoms with E-state index in [9.17, 15) is 4.79 Å². The summed E-state index contributed by atoms with van der Waals surface area (Å²) >= 11 is 1.67. The number of likely N-dealkylation sites (tertiary alicyclic amines) is 1. The van der Waals surface area contributed by atoms with E-state index in [4.69, 9.17) is 0 Å². The summed E-state index contributed by atoms with van der Waals surface area (Å²) in [5.74, 6) is 0. The summed E-state index contributed by atoms with van der Waals surface area (Å²) < 4.78 is 0. The largest absolute Gasteiger partial charge is 0.338 e. The van der Waals surface area contributed by atoms with Crippen LogP contribution in [0.1, 0.15) is 19.3 Å². The second kappa shape index (κ2) is 7.55. The molecule has 1 aromatic rings. The number of hydrogen-bond donors (Lipinski definition) is 2. The molecule has 1 atom stereocenters. The molecule has 2 rings (SSSR count). The van der Waals surface area contributed by atoms with Gasteiger partial charge in [0.25, 0.3) is 0 Å². The average molecular weight is 293 g/mol. The van der Waals surface area contributed by atoms with Gasteiger partial charge in [0.15, 0.2) is 0 Å². The molecule has 2 amide bonds. The number of nitrogens with zero attached hydrogens (tertiary/aromatic N) is 1. The van der Waals surface area contributed by atoms with E-state index in [0.29, 0.717) is 6.04 Å². The van der Waals surface area contributed by atoms with Crippen molar-refractivity contribution >= 4 is 23.5 Å². The van der Waals surface area contributed by atoms with Crippen LogP contribution in [-0.4, -0.2) is 43.4 Å². The molecule has 2 N–H and O–H groups in total. The minimum atomic E-state index is -0.121. The van der Waals surface area contributed by atoms with Crippen LogP contribution < -0.4 is 10.6 Å². The van der Waals surface area contributed by atoms with Crippen LogP contribution in [0.15, 0.2) is 29.2 Å². The first-order valence-electron chi connectivity index (χ1n) is 7.08. The lowest BCUT2D eigenvalue weighted by Gasteiger charge is -2.19. The molecule has 20 heavy (non-hydrogen) atoms. The molecule has 1 aromatic carbocycles. The highest BCUT2D eigenvalue weighted by atomic mass is 32.2. The highest BCUT2D eigenvalue weighted by Crippen LogP contribution is 2.19. The average Bonchev–Trinajstić information content (AvgIpc) is 2.85. The Kier molecular flexibility index (Phi) is 5.73. The van der Waals surface area contributed by atoms with Gasteiger partial charge in [0.1, 0.15) is 0 Å². The van der Waals surface area contributed by atoms with Crippen molar-refractivity contribution in [2.24, 2.45) is 0 Å². The molecule has 1 fully saturated rings. The molecule has 0 aromatic heterocycles. The van der Waals surface area contributed by atoms with Crippen molar-refractivity contribution in [2.75, 3.05) is 31.7 Å². The van der Waals surface area contributed by atoms with Crippen LogP contribution in [-0.2, 0) is 0 Å². The summed E-state index contributed by atoms with van der Waals surface area (Å²) in [4.78, 5) is 15.3. The molecular weight excluding hydrogens is 270 g/mol. The molecule has 1 heterocycles. The minimum Gasteiger partial charge on any atom is -0.338 e. The second-order valence-corrected chi connectivity index (χ2v) is 6.06. The van der Waals surface area contributed by atoms with E-state index in [0.717, 1.165) is 23.5 Å². The van der Waals surface area contributed by atoms with E-state index in [1.165, 1.54) is 19.4 Å². The molecule has 5 heteroatoms. The molecule has 0 spiro atoms. The predicted molar refractivity (Wildman–Crippen MR) is 85.5 cm³/mol. The van der Waals surface area contributed by atoms with Gasteiger partial charge in [-0.05, 0) is 57.3 Å². The predicted octanol–water partition coefficient (Wildman–Crippen LogP) is 3.01. The number of nitrogens with one attached hydrogen (secondary N) is 2. The van der Waals surface area contributed by atoms with Gasteiger partial charge in [-0.25, -0.2) is 4.79 Å². The molecule has 0 aliphatic carbocycles. The topological polar surface area (TPSA) is 44.4 Å². The van der Waals surface area contributed by atoms with Crippen molar-refractivity contribution < 1.29 is 4.79 Å². The molecule has 0 unspecified atom stereocenters. The Balaban J connectivity index is 1.72. The second-order valence-electron chi connectivity index (χ2n) is 5.18. The molecule has 110 valence electrons. The van der Waals surface area contributed by atoms with Crippen molar-refractivity contribution in [2.45, 2.75) is 30.2 Å². The fourth-order valence-electron chi connectivity index (χ4n) is 2.57. The number of urea groups is 1. The molecule has 1 saturated heterocycles. The number of thioether (sulfide) groups is 1. The van der Waals surface area contributed by atoms with E-state index in [2.05, 4.69) is 22.6 Å². The third kappa shape index (κ3) is 4.42. The van der Waals surface area contributed by atoms with Crippen molar-refractivity contribution in [1.29, 1.82) is 0 Å². The van der Waals surface area contributed by atoms with Gasteiger partial charge in [-0.2, -0.15) is 0 Å². The van der Waals surface area contributed by atoms with E-state index in [1.54, 1.807) is 11.8 Å². The molecule has 0 bridgehead atoms. The Hall–Kier alpha value is -1.20. The number of hydrogen-bond acceptors (Lipinski definition) is 3. The highest BCUT2D eigenvalue weighted by Gasteiger charge is 2.20. The maximum Gasteiger partial charge on any atom is 0.319 e. The number of rotatable bonds is 5. The summed E-state index contributed by atoms with van der Waals surface area (Å²) in [6, 6.07) is 8.37. The van der Waals surface area contributed by atoms with Crippen LogP contribution in [0.25, 0.3) is 0 Å². The third-order valence-electron chi connectivity index (χ3n) is 3.76. The van der Waals surface area contributed by atoms with Crippen LogP contribution >= 0.6 is 11.8 Å². The van der Waals surface area contributed by atoms with Gasteiger partial charge in [0.2, 0.25) is 0 Å². The van der Waals surface area contributed by atoms with Crippen molar-refractivity contribution in [1.82, 2.24) is 10.2 Å². The molecular formula is C15H23N3OS. The Bertz CT molecular complexity index is 452. The van der Waals surface area contributed by atoms with Gasteiger partial charge < -0.3 is 15.5 Å². The Morgan fingerprint density at radius 3 is 3.05 bits per heavy atom. The smallest absolute Gasteiger partial charge is 0.319 e. The van der Waals surface area contributed by atoms with Gasteiger partial charge in [-0.1, -0.05) is 6.07 Å². The van der Waals surface area contributed by atoms with Crippen LogP contribution in [0.3, 0.4) is 0 Å². The zero-order valence-electron chi connectivity index (χ0n) is 12.2. The van der Waals surface area contributed by atoms with Gasteiger partial charge >= 0.3 is 6.03 Å². The van der Waals surface area contributed by atoms with Crippen LogP contribution in [0.4, 0.5) is 10.5 Å². The minimum absolute atomic E-state index is 0.121. The summed E-state index contributed by atoms with van der Waals surface area (Å²) in [7, 11) is 2.16. The number of amides is 2. The molecule has 0 radical (unpaired) electrons. The maximum absolute atomic E-state index is 11.8. The lowest BCUT2D eigenvalue weighted by atomic mass is 10.1. The number of carbonyl (C=O) groups is 1. The molecule has 1 aliphatic heterocycles. The quantitative estimate of drug-likeness (QED) is 0.820. The standard InChI is InChI=1S/C15H23N3OS/c1-18-10-4-6-13(18)8-9-16-15(19)17-12-5-3-7-14(11-12)20-2/h3,5,7,11,13H,4,6,8-10H2,1-2H3,(H2,16,17,19)/t13-/m1/s1. The van der Waals surface area contributed by atoms with Crippen molar-refractivity contribution in [3.05, 3.63) is 24.3 Å². The number of benzene rings is 1. The Morgan fingerprint density at radius 2 is 2.35 bits per heavy atom. The summed E-state index contributed by atoms with van der Waals surface area (Å²) in [6.07, 6.45) is 5.57. The van der Waals surface area contributed by atoms with E-state index in [1.807, 2.05) is 30.5 Å². The molecule has 1 aliphatic rings. The van der Waals surface area contributed by atoms with Crippen LogP contribution in [0, 0.1) is 0 Å². The zero-order chi connectivity index (χ0) is 14.4. The fourth-order valence-corrected chi connectivity index (χ4v) is 3.03. The third-order valence-corrected chi connectivity index (χ3v) is 4.49. The van der Waals surface area contributed by atoms with E-state index >= 15 is 0 Å². The highest BCUT2D eigenvalue weighted by molar-refractivity contribution is 7.98. The lowest BCUT2D eigenvalue weighted by Crippen LogP contribution is -2.34. The van der Waals surface area contributed by atoms with E-state index < -0.39 is 0 Å². The summed E-state index contributed by atoms with van der Waals surface area (Å²) in [6.45, 7) is 1.90. The molecule has 4 nitrogen and oxygen atoms in total. The van der Waals surface area contributed by atoms with Crippen molar-refractivity contribution in [3.63, 3.8) is 0 Å². The van der Waals surface area contributed by atoms with Gasteiger partial charge in [0, 0.05) is 23.2 Å². The molecule has 0 saturated carbocycles. The number of carbonyl (C=O) groups excluding carboxylic acids is 1. The van der Waals surface area contributed by atoms with Gasteiger partial charge in [0.05, 0.1) is 0 Å². The first-order valence-corrected chi connectivity index (χ1v) is 8.30. The first kappa shape index (κ1) is 15.2. The Labute approximate surface area is 125 Å². The maximum atomic E-state index is 11.8. The van der Waals surface area contributed by atoms with Crippen molar-refractivity contribution in [3.8, 4) is 0 Å². The summed E-state index contributed by atoms with van der Waals surface area (Å²) in [5, 5.41) is 5.81. The Morgan fingerprint density at radius 1 is 1.50 bits per heavy atom. The van der Waals surface area contributed by atoms with Crippen LogP contribution in [0.2, 0.25) is 0 Å². The summed E-state index contributed by atoms with van der Waals surface area (Å²) in [5.41, 5.74) is 0.840.